The van der Waals surface area contributed by atoms with Gasteiger partial charge in [-0.25, -0.2) is 4.39 Å². The SMILES string of the molecule is Fc1ccccc1COc1c(Cl)cc(C2=NCCS2)cc1Br. The first-order valence-corrected chi connectivity index (χ1v) is 8.83. The van der Waals surface area contributed by atoms with Crippen molar-refractivity contribution < 1.29 is 9.13 Å². The zero-order valence-electron chi connectivity index (χ0n) is 11.5. The lowest BCUT2D eigenvalue weighted by molar-refractivity contribution is 0.298. The lowest BCUT2D eigenvalue weighted by Crippen LogP contribution is -2.01. The van der Waals surface area contributed by atoms with E-state index >= 15 is 0 Å². The van der Waals surface area contributed by atoms with E-state index in [2.05, 4.69) is 20.9 Å². The highest BCUT2D eigenvalue weighted by Gasteiger charge is 2.16. The maximum absolute atomic E-state index is 13.6. The van der Waals surface area contributed by atoms with Crippen LogP contribution in [-0.2, 0) is 6.61 Å². The second-order valence-electron chi connectivity index (χ2n) is 4.68. The van der Waals surface area contributed by atoms with E-state index in [-0.39, 0.29) is 12.4 Å². The van der Waals surface area contributed by atoms with Crippen molar-refractivity contribution in [1.82, 2.24) is 0 Å². The normalized spacial score (nSPS) is 14.0. The number of halogens is 3. The minimum Gasteiger partial charge on any atom is -0.486 e. The van der Waals surface area contributed by atoms with E-state index in [4.69, 9.17) is 16.3 Å². The van der Waals surface area contributed by atoms with Crippen LogP contribution >= 0.6 is 39.3 Å². The number of hydrogen-bond donors (Lipinski definition) is 0. The van der Waals surface area contributed by atoms with Crippen molar-refractivity contribution in [2.45, 2.75) is 6.61 Å². The molecule has 2 aromatic carbocycles. The van der Waals surface area contributed by atoms with E-state index < -0.39 is 0 Å². The third-order valence-electron chi connectivity index (χ3n) is 3.16. The summed E-state index contributed by atoms with van der Waals surface area (Å²) in [6.07, 6.45) is 0. The Morgan fingerprint density at radius 2 is 2.14 bits per heavy atom. The van der Waals surface area contributed by atoms with Gasteiger partial charge in [0.1, 0.15) is 12.4 Å². The molecule has 0 bridgehead atoms. The molecular weight excluding hydrogens is 389 g/mol. The molecule has 0 fully saturated rings. The summed E-state index contributed by atoms with van der Waals surface area (Å²) >= 11 is 11.5. The molecule has 2 nitrogen and oxygen atoms in total. The molecule has 1 heterocycles. The van der Waals surface area contributed by atoms with E-state index in [0.29, 0.717) is 16.3 Å². The largest absolute Gasteiger partial charge is 0.486 e. The number of rotatable bonds is 4. The van der Waals surface area contributed by atoms with Crippen molar-refractivity contribution in [3.05, 3.63) is 62.8 Å². The number of benzene rings is 2. The Bertz CT molecular complexity index is 715. The minimum atomic E-state index is -0.289. The highest BCUT2D eigenvalue weighted by atomic mass is 79.9. The summed E-state index contributed by atoms with van der Waals surface area (Å²) in [7, 11) is 0. The van der Waals surface area contributed by atoms with Gasteiger partial charge in [0.2, 0.25) is 0 Å². The van der Waals surface area contributed by atoms with E-state index in [9.17, 15) is 4.39 Å². The van der Waals surface area contributed by atoms with Crippen molar-refractivity contribution in [2.24, 2.45) is 4.99 Å². The fraction of sp³-hybridized carbons (Fsp3) is 0.188. The lowest BCUT2D eigenvalue weighted by atomic mass is 10.2. The van der Waals surface area contributed by atoms with Crippen LogP contribution in [-0.4, -0.2) is 17.3 Å². The van der Waals surface area contributed by atoms with Crippen molar-refractivity contribution >= 4 is 44.3 Å². The van der Waals surface area contributed by atoms with Gasteiger partial charge in [0.25, 0.3) is 0 Å². The molecule has 0 unspecified atom stereocenters. The van der Waals surface area contributed by atoms with Crippen LogP contribution in [0.4, 0.5) is 4.39 Å². The van der Waals surface area contributed by atoms with Crippen LogP contribution in [0.2, 0.25) is 5.02 Å². The van der Waals surface area contributed by atoms with Gasteiger partial charge >= 0.3 is 0 Å². The van der Waals surface area contributed by atoms with Gasteiger partial charge in [-0.1, -0.05) is 29.8 Å². The van der Waals surface area contributed by atoms with E-state index in [0.717, 1.165) is 27.4 Å². The molecule has 1 aliphatic heterocycles. The molecule has 3 rings (SSSR count). The molecule has 0 saturated heterocycles. The summed E-state index contributed by atoms with van der Waals surface area (Å²) in [6, 6.07) is 10.3. The minimum absolute atomic E-state index is 0.125. The number of hydrogen-bond acceptors (Lipinski definition) is 3. The van der Waals surface area contributed by atoms with E-state index in [1.165, 1.54) is 6.07 Å². The van der Waals surface area contributed by atoms with Crippen molar-refractivity contribution in [3.63, 3.8) is 0 Å². The smallest absolute Gasteiger partial charge is 0.152 e. The Morgan fingerprint density at radius 3 is 2.82 bits per heavy atom. The molecule has 0 saturated carbocycles. The molecule has 0 aliphatic carbocycles. The van der Waals surface area contributed by atoms with Gasteiger partial charge in [-0.2, -0.15) is 0 Å². The summed E-state index contributed by atoms with van der Waals surface area (Å²) in [5, 5.41) is 1.47. The first-order chi connectivity index (χ1) is 10.6. The Hall–Kier alpha value is -1.04. The highest BCUT2D eigenvalue weighted by Crippen LogP contribution is 2.36. The lowest BCUT2D eigenvalue weighted by Gasteiger charge is -2.12. The van der Waals surface area contributed by atoms with Crippen LogP contribution in [0, 0.1) is 5.82 Å². The maximum Gasteiger partial charge on any atom is 0.152 e. The van der Waals surface area contributed by atoms with Gasteiger partial charge in [-0.15, -0.1) is 11.8 Å². The van der Waals surface area contributed by atoms with Gasteiger partial charge < -0.3 is 4.74 Å². The molecule has 0 radical (unpaired) electrons. The van der Waals surface area contributed by atoms with Crippen molar-refractivity contribution in [1.29, 1.82) is 0 Å². The molecule has 114 valence electrons. The number of nitrogens with zero attached hydrogens (tertiary/aromatic N) is 1. The quantitative estimate of drug-likeness (QED) is 0.693. The van der Waals surface area contributed by atoms with Gasteiger partial charge in [0, 0.05) is 23.4 Å². The number of thioether (sulfide) groups is 1. The van der Waals surface area contributed by atoms with Gasteiger partial charge in [0.15, 0.2) is 5.75 Å². The van der Waals surface area contributed by atoms with Gasteiger partial charge in [0.05, 0.1) is 14.5 Å². The van der Waals surface area contributed by atoms with Gasteiger partial charge in [-0.3, -0.25) is 4.99 Å². The highest BCUT2D eigenvalue weighted by molar-refractivity contribution is 9.10. The maximum atomic E-state index is 13.6. The molecular formula is C16H12BrClFNOS. The Balaban J connectivity index is 1.81. The molecule has 0 spiro atoms. The molecule has 0 aromatic heterocycles. The number of ether oxygens (including phenoxy) is 1. The molecule has 6 heteroatoms. The zero-order valence-corrected chi connectivity index (χ0v) is 14.6. The van der Waals surface area contributed by atoms with Gasteiger partial charge in [-0.05, 0) is 34.1 Å². The fourth-order valence-corrected chi connectivity index (χ4v) is 3.90. The van der Waals surface area contributed by atoms with Crippen LogP contribution in [0.1, 0.15) is 11.1 Å². The second kappa shape index (κ2) is 7.02. The summed E-state index contributed by atoms with van der Waals surface area (Å²) in [6.45, 7) is 0.959. The van der Waals surface area contributed by atoms with Crippen molar-refractivity contribution in [2.75, 3.05) is 12.3 Å². The summed E-state index contributed by atoms with van der Waals surface area (Å²) < 4.78 is 20.0. The van der Waals surface area contributed by atoms with Crippen LogP contribution in [0.15, 0.2) is 45.9 Å². The first kappa shape index (κ1) is 15.8. The predicted octanol–water partition coefficient (Wildman–Crippen LogP) is 5.31. The van der Waals surface area contributed by atoms with Crippen LogP contribution in [0.25, 0.3) is 0 Å². The van der Waals surface area contributed by atoms with Crippen LogP contribution < -0.4 is 4.74 Å². The van der Waals surface area contributed by atoms with Crippen LogP contribution in [0.3, 0.4) is 0 Å². The first-order valence-electron chi connectivity index (χ1n) is 6.68. The van der Waals surface area contributed by atoms with Crippen LogP contribution in [0.5, 0.6) is 5.75 Å². The second-order valence-corrected chi connectivity index (χ2v) is 7.03. The van der Waals surface area contributed by atoms with Crippen molar-refractivity contribution in [3.8, 4) is 5.75 Å². The third kappa shape index (κ3) is 3.47. The average Bonchev–Trinajstić information content (AvgIpc) is 3.02. The van der Waals surface area contributed by atoms with E-state index in [1.54, 1.807) is 30.0 Å². The standard InChI is InChI=1S/C16H12BrClFNOS/c17-12-7-11(16-20-5-6-22-16)8-13(18)15(12)21-9-10-3-1-2-4-14(10)19/h1-4,7-8H,5-6,9H2. The zero-order chi connectivity index (χ0) is 15.5. The third-order valence-corrected chi connectivity index (χ3v) is 5.06. The predicted molar refractivity (Wildman–Crippen MR) is 93.7 cm³/mol. The molecule has 22 heavy (non-hydrogen) atoms. The molecule has 0 amide bonds. The number of aliphatic imine (C=N–C) groups is 1. The average molecular weight is 401 g/mol. The van der Waals surface area contributed by atoms with E-state index in [1.807, 2.05) is 12.1 Å². The summed E-state index contributed by atoms with van der Waals surface area (Å²) in [5.41, 5.74) is 1.46. The molecule has 1 aliphatic rings. The summed E-state index contributed by atoms with van der Waals surface area (Å²) in [4.78, 5) is 4.43. The summed E-state index contributed by atoms with van der Waals surface area (Å²) in [5.74, 6) is 1.22. The topological polar surface area (TPSA) is 21.6 Å². The molecule has 2 aromatic rings. The molecule has 0 N–H and O–H groups in total. The Morgan fingerprint density at radius 1 is 1.32 bits per heavy atom. The monoisotopic (exact) mass is 399 g/mol. The molecule has 0 atom stereocenters. The Kier molecular flexibility index (Phi) is 5.06. The Labute approximate surface area is 145 Å². The fourth-order valence-electron chi connectivity index (χ4n) is 2.10.